The zero-order chi connectivity index (χ0) is 16.1. The van der Waals surface area contributed by atoms with Gasteiger partial charge in [0.25, 0.3) is 0 Å². The number of nitrogens with zero attached hydrogens (tertiary/aromatic N) is 1. The largest absolute Gasteiger partial charge is 0.454 e. The second-order valence-corrected chi connectivity index (χ2v) is 6.36. The number of carbonyl (C=O) groups is 1. The number of hydrogen-bond donors (Lipinski definition) is 1. The number of thiophene rings is 1. The Kier molecular flexibility index (Phi) is 4.92. The van der Waals surface area contributed by atoms with Gasteiger partial charge in [0, 0.05) is 10.6 Å². The molecule has 3 rings (SSSR count). The van der Waals surface area contributed by atoms with E-state index in [-0.39, 0.29) is 12.7 Å². The molecule has 1 aromatic carbocycles. The standard InChI is InChI=1S/C17H18N2O3S/c1-12(18-19-17(20)10-14-3-2-8-23-14)4-5-13-6-7-15-16(9-13)22-11-21-15/h2-3,6-9H,4-5,10-11H2,1H3,(H,19,20)/b18-12+. The van der Waals surface area contributed by atoms with E-state index < -0.39 is 0 Å². The van der Waals surface area contributed by atoms with Crippen molar-refractivity contribution >= 4 is 23.0 Å². The number of rotatable bonds is 6. The van der Waals surface area contributed by atoms with Crippen LogP contribution in [0.2, 0.25) is 0 Å². The minimum absolute atomic E-state index is 0.0881. The molecule has 0 spiro atoms. The molecule has 23 heavy (non-hydrogen) atoms. The molecule has 2 heterocycles. The van der Waals surface area contributed by atoms with Crippen molar-refractivity contribution in [2.45, 2.75) is 26.2 Å². The lowest BCUT2D eigenvalue weighted by Gasteiger charge is -2.04. The molecule has 1 aliphatic rings. The molecule has 0 unspecified atom stereocenters. The van der Waals surface area contributed by atoms with Gasteiger partial charge in [0.05, 0.1) is 6.42 Å². The van der Waals surface area contributed by atoms with Gasteiger partial charge < -0.3 is 9.47 Å². The van der Waals surface area contributed by atoms with Crippen molar-refractivity contribution in [3.63, 3.8) is 0 Å². The van der Waals surface area contributed by atoms with Gasteiger partial charge in [-0.15, -0.1) is 11.3 Å². The first-order valence-corrected chi connectivity index (χ1v) is 8.31. The molecule has 0 saturated carbocycles. The maximum Gasteiger partial charge on any atom is 0.245 e. The van der Waals surface area contributed by atoms with E-state index in [1.54, 1.807) is 11.3 Å². The summed E-state index contributed by atoms with van der Waals surface area (Å²) in [5, 5.41) is 6.12. The quantitative estimate of drug-likeness (QED) is 0.654. The highest BCUT2D eigenvalue weighted by atomic mass is 32.1. The summed E-state index contributed by atoms with van der Waals surface area (Å²) in [6, 6.07) is 9.82. The van der Waals surface area contributed by atoms with E-state index in [1.165, 1.54) is 0 Å². The first-order chi connectivity index (χ1) is 11.2. The van der Waals surface area contributed by atoms with E-state index in [0.29, 0.717) is 6.42 Å². The Morgan fingerprint density at radius 1 is 1.30 bits per heavy atom. The van der Waals surface area contributed by atoms with Crippen molar-refractivity contribution in [1.82, 2.24) is 5.43 Å². The Hall–Kier alpha value is -2.34. The van der Waals surface area contributed by atoms with Crippen LogP contribution in [-0.4, -0.2) is 18.4 Å². The van der Waals surface area contributed by atoms with Crippen molar-refractivity contribution in [3.8, 4) is 11.5 Å². The molecule has 1 aliphatic heterocycles. The zero-order valence-electron chi connectivity index (χ0n) is 12.9. The Morgan fingerprint density at radius 2 is 2.17 bits per heavy atom. The third-order valence-electron chi connectivity index (χ3n) is 3.50. The SMILES string of the molecule is C/C(CCc1ccc2c(c1)OCO2)=N\NC(=O)Cc1cccs1. The van der Waals surface area contributed by atoms with E-state index in [4.69, 9.17) is 9.47 Å². The number of ether oxygens (including phenoxy) is 2. The molecule has 1 N–H and O–H groups in total. The average Bonchev–Trinajstić information content (AvgIpc) is 3.21. The van der Waals surface area contributed by atoms with Gasteiger partial charge >= 0.3 is 0 Å². The second kappa shape index (κ2) is 7.28. The van der Waals surface area contributed by atoms with Crippen LogP contribution in [0.4, 0.5) is 0 Å². The van der Waals surface area contributed by atoms with Gasteiger partial charge in [0.1, 0.15) is 0 Å². The fourth-order valence-electron chi connectivity index (χ4n) is 2.25. The fraction of sp³-hybridized carbons (Fsp3) is 0.294. The van der Waals surface area contributed by atoms with E-state index in [0.717, 1.165) is 40.5 Å². The summed E-state index contributed by atoms with van der Waals surface area (Å²) in [7, 11) is 0. The molecule has 0 fully saturated rings. The predicted octanol–water partition coefficient (Wildman–Crippen LogP) is 3.14. The van der Waals surface area contributed by atoms with Gasteiger partial charge in [0.15, 0.2) is 11.5 Å². The van der Waals surface area contributed by atoms with Gasteiger partial charge in [-0.3, -0.25) is 4.79 Å². The number of aryl methyl sites for hydroxylation is 1. The summed E-state index contributed by atoms with van der Waals surface area (Å²) < 4.78 is 10.7. The number of benzene rings is 1. The third kappa shape index (κ3) is 4.32. The fourth-order valence-corrected chi connectivity index (χ4v) is 2.95. The number of hydrazone groups is 1. The minimum Gasteiger partial charge on any atom is -0.454 e. The van der Waals surface area contributed by atoms with Crippen LogP contribution in [0.1, 0.15) is 23.8 Å². The van der Waals surface area contributed by atoms with Crippen LogP contribution in [0.15, 0.2) is 40.8 Å². The summed E-state index contributed by atoms with van der Waals surface area (Å²) in [6.07, 6.45) is 1.99. The highest BCUT2D eigenvalue weighted by molar-refractivity contribution is 7.10. The van der Waals surface area contributed by atoms with E-state index in [9.17, 15) is 4.79 Å². The lowest BCUT2D eigenvalue weighted by atomic mass is 10.1. The van der Waals surface area contributed by atoms with E-state index >= 15 is 0 Å². The Bertz CT molecular complexity index is 711. The van der Waals surface area contributed by atoms with Crippen molar-refractivity contribution < 1.29 is 14.3 Å². The number of amides is 1. The number of nitrogens with one attached hydrogen (secondary N) is 1. The molecule has 0 atom stereocenters. The van der Waals surface area contributed by atoms with Gasteiger partial charge in [-0.1, -0.05) is 12.1 Å². The number of hydrogen-bond acceptors (Lipinski definition) is 5. The maximum absolute atomic E-state index is 11.8. The van der Waals surface area contributed by atoms with Crippen LogP contribution >= 0.6 is 11.3 Å². The molecule has 0 aliphatic carbocycles. The van der Waals surface area contributed by atoms with Crippen LogP contribution in [0.5, 0.6) is 11.5 Å². The molecule has 0 bridgehead atoms. The maximum atomic E-state index is 11.8. The smallest absolute Gasteiger partial charge is 0.245 e. The predicted molar refractivity (Wildman–Crippen MR) is 90.2 cm³/mol. The Labute approximate surface area is 138 Å². The van der Waals surface area contributed by atoms with Crippen LogP contribution in [0, 0.1) is 0 Å². The molecule has 1 amide bonds. The lowest BCUT2D eigenvalue weighted by molar-refractivity contribution is -0.120. The van der Waals surface area contributed by atoms with Gasteiger partial charge in [-0.25, -0.2) is 5.43 Å². The molecule has 0 saturated heterocycles. The lowest BCUT2D eigenvalue weighted by Crippen LogP contribution is -2.20. The molecule has 1 aromatic heterocycles. The van der Waals surface area contributed by atoms with Crippen molar-refractivity contribution in [3.05, 3.63) is 46.2 Å². The Morgan fingerprint density at radius 3 is 3.00 bits per heavy atom. The van der Waals surface area contributed by atoms with Gasteiger partial charge in [-0.05, 0) is 48.9 Å². The van der Waals surface area contributed by atoms with Crippen LogP contribution in [0.25, 0.3) is 0 Å². The van der Waals surface area contributed by atoms with Crippen molar-refractivity contribution in [1.29, 1.82) is 0 Å². The van der Waals surface area contributed by atoms with Gasteiger partial charge in [0.2, 0.25) is 12.7 Å². The highest BCUT2D eigenvalue weighted by Gasteiger charge is 2.13. The molecule has 0 radical (unpaired) electrons. The normalized spacial score (nSPS) is 13.2. The molecule has 6 heteroatoms. The summed E-state index contributed by atoms with van der Waals surface area (Å²) in [5.41, 5.74) is 4.66. The molecular formula is C17H18N2O3S. The molecule has 5 nitrogen and oxygen atoms in total. The van der Waals surface area contributed by atoms with E-state index in [2.05, 4.69) is 10.5 Å². The minimum atomic E-state index is -0.0881. The topological polar surface area (TPSA) is 59.9 Å². The van der Waals surface area contributed by atoms with Crippen LogP contribution in [-0.2, 0) is 17.6 Å². The molecular weight excluding hydrogens is 312 g/mol. The summed E-state index contributed by atoms with van der Waals surface area (Å²) in [4.78, 5) is 12.8. The van der Waals surface area contributed by atoms with Gasteiger partial charge in [-0.2, -0.15) is 5.10 Å². The third-order valence-corrected chi connectivity index (χ3v) is 4.38. The van der Waals surface area contributed by atoms with Crippen LogP contribution in [0.3, 0.4) is 0 Å². The van der Waals surface area contributed by atoms with Crippen molar-refractivity contribution in [2.75, 3.05) is 6.79 Å². The summed E-state index contributed by atoms with van der Waals surface area (Å²) >= 11 is 1.57. The highest BCUT2D eigenvalue weighted by Crippen LogP contribution is 2.32. The number of fused-ring (bicyclic) bond motifs is 1. The first-order valence-electron chi connectivity index (χ1n) is 7.43. The Balaban J connectivity index is 1.47. The van der Waals surface area contributed by atoms with E-state index in [1.807, 2.05) is 42.6 Å². The van der Waals surface area contributed by atoms with Crippen molar-refractivity contribution in [2.24, 2.45) is 5.10 Å². The molecule has 120 valence electrons. The zero-order valence-corrected chi connectivity index (χ0v) is 13.7. The first kappa shape index (κ1) is 15.6. The summed E-state index contributed by atoms with van der Waals surface area (Å²) in [6.45, 7) is 2.20. The van der Waals surface area contributed by atoms with Crippen LogP contribution < -0.4 is 14.9 Å². The average molecular weight is 330 g/mol. The molecule has 2 aromatic rings. The monoisotopic (exact) mass is 330 g/mol. The second-order valence-electron chi connectivity index (χ2n) is 5.33. The summed E-state index contributed by atoms with van der Waals surface area (Å²) in [5.74, 6) is 1.50. The number of carbonyl (C=O) groups excluding carboxylic acids is 1.